The highest BCUT2D eigenvalue weighted by Gasteiger charge is 2.10. The zero-order valence-electron chi connectivity index (χ0n) is 10.4. The Morgan fingerprint density at radius 1 is 1.33 bits per heavy atom. The molecule has 2 aromatic rings. The van der Waals surface area contributed by atoms with Crippen molar-refractivity contribution < 1.29 is 0 Å². The van der Waals surface area contributed by atoms with Crippen LogP contribution in [0, 0.1) is 18.3 Å². The van der Waals surface area contributed by atoms with Crippen molar-refractivity contribution in [1.29, 1.82) is 5.26 Å². The second kappa shape index (κ2) is 5.28. The van der Waals surface area contributed by atoms with E-state index in [1.165, 1.54) is 0 Å². The van der Waals surface area contributed by atoms with Gasteiger partial charge in [-0.25, -0.2) is 0 Å². The first-order chi connectivity index (χ1) is 8.72. The first-order valence-corrected chi connectivity index (χ1v) is 5.74. The number of rotatable bonds is 3. The van der Waals surface area contributed by atoms with Crippen LogP contribution in [-0.4, -0.2) is 9.97 Å². The molecule has 0 aliphatic rings. The van der Waals surface area contributed by atoms with Crippen LogP contribution >= 0.6 is 0 Å². The lowest BCUT2D eigenvalue weighted by Crippen LogP contribution is -2.10. The Hall–Kier alpha value is -2.41. The highest BCUT2D eigenvalue weighted by atomic mass is 14.9. The predicted molar refractivity (Wildman–Crippen MR) is 70.0 cm³/mol. The number of hydrogen-bond acceptors (Lipinski definition) is 4. The van der Waals surface area contributed by atoms with E-state index in [2.05, 4.69) is 21.4 Å². The van der Waals surface area contributed by atoms with Gasteiger partial charge in [0.05, 0.1) is 29.2 Å². The molecule has 18 heavy (non-hydrogen) atoms. The molecule has 1 aromatic carbocycles. The smallest absolute Gasteiger partial charge is 0.102 e. The van der Waals surface area contributed by atoms with E-state index in [0.29, 0.717) is 5.56 Å². The van der Waals surface area contributed by atoms with Crippen molar-refractivity contribution in [2.75, 3.05) is 5.32 Å². The summed E-state index contributed by atoms with van der Waals surface area (Å²) >= 11 is 0. The van der Waals surface area contributed by atoms with E-state index >= 15 is 0 Å². The third kappa shape index (κ3) is 2.46. The fourth-order valence-corrected chi connectivity index (χ4v) is 1.78. The summed E-state index contributed by atoms with van der Waals surface area (Å²) in [6.07, 6.45) is 5.03. The Balaban J connectivity index is 2.25. The van der Waals surface area contributed by atoms with Gasteiger partial charge >= 0.3 is 0 Å². The Morgan fingerprint density at radius 2 is 2.17 bits per heavy atom. The van der Waals surface area contributed by atoms with Crippen molar-refractivity contribution in [3.8, 4) is 6.07 Å². The summed E-state index contributed by atoms with van der Waals surface area (Å²) in [5.41, 5.74) is 3.32. The predicted octanol–water partition coefficient (Wildman–Crippen LogP) is 2.83. The second-order valence-electron chi connectivity index (χ2n) is 4.11. The highest BCUT2D eigenvalue weighted by Crippen LogP contribution is 2.22. The van der Waals surface area contributed by atoms with E-state index in [1.54, 1.807) is 18.6 Å². The molecule has 0 amide bonds. The standard InChI is InChI=1S/C14H14N4/c1-10-4-3-5-13(12(10)8-15)18-11(2)14-9-16-6-7-17-14/h3-7,9,11,18H,1-2H3. The van der Waals surface area contributed by atoms with E-state index in [0.717, 1.165) is 16.9 Å². The molecule has 0 aliphatic heterocycles. The number of aryl methyl sites for hydroxylation is 1. The van der Waals surface area contributed by atoms with E-state index < -0.39 is 0 Å². The molecule has 1 aromatic heterocycles. The Kier molecular flexibility index (Phi) is 3.54. The molecule has 90 valence electrons. The van der Waals surface area contributed by atoms with Crippen molar-refractivity contribution in [2.24, 2.45) is 0 Å². The summed E-state index contributed by atoms with van der Waals surface area (Å²) in [6, 6.07) is 7.99. The lowest BCUT2D eigenvalue weighted by Gasteiger charge is -2.16. The molecule has 4 heteroatoms. The Morgan fingerprint density at radius 3 is 2.83 bits per heavy atom. The van der Waals surface area contributed by atoms with E-state index in [9.17, 15) is 0 Å². The van der Waals surface area contributed by atoms with Gasteiger partial charge in [0.25, 0.3) is 0 Å². The highest BCUT2D eigenvalue weighted by molar-refractivity contribution is 5.61. The third-order valence-corrected chi connectivity index (χ3v) is 2.78. The molecular formula is C14H14N4. The average molecular weight is 238 g/mol. The maximum Gasteiger partial charge on any atom is 0.102 e. The van der Waals surface area contributed by atoms with Crippen molar-refractivity contribution >= 4 is 5.69 Å². The zero-order valence-corrected chi connectivity index (χ0v) is 10.4. The Labute approximate surface area is 106 Å². The van der Waals surface area contributed by atoms with Gasteiger partial charge in [0, 0.05) is 12.4 Å². The Bertz CT molecular complexity index is 572. The SMILES string of the molecule is Cc1cccc(NC(C)c2cnccn2)c1C#N. The van der Waals surface area contributed by atoms with Crippen LogP contribution in [0.3, 0.4) is 0 Å². The van der Waals surface area contributed by atoms with Crippen LogP contribution in [0.4, 0.5) is 5.69 Å². The maximum atomic E-state index is 9.16. The van der Waals surface area contributed by atoms with E-state index in [-0.39, 0.29) is 6.04 Å². The van der Waals surface area contributed by atoms with E-state index in [4.69, 9.17) is 5.26 Å². The quantitative estimate of drug-likeness (QED) is 0.893. The van der Waals surface area contributed by atoms with Gasteiger partial charge in [-0.1, -0.05) is 12.1 Å². The average Bonchev–Trinajstić information content (AvgIpc) is 2.40. The molecule has 0 radical (unpaired) electrons. The van der Waals surface area contributed by atoms with Crippen LogP contribution in [0.2, 0.25) is 0 Å². The lowest BCUT2D eigenvalue weighted by molar-refractivity contribution is 0.826. The van der Waals surface area contributed by atoms with Gasteiger partial charge in [-0.2, -0.15) is 5.26 Å². The lowest BCUT2D eigenvalue weighted by atomic mass is 10.1. The van der Waals surface area contributed by atoms with Crippen LogP contribution < -0.4 is 5.32 Å². The minimum absolute atomic E-state index is 0.00704. The fourth-order valence-electron chi connectivity index (χ4n) is 1.78. The van der Waals surface area contributed by atoms with Gasteiger partial charge in [-0.3, -0.25) is 9.97 Å². The minimum atomic E-state index is 0.00704. The summed E-state index contributed by atoms with van der Waals surface area (Å²) in [7, 11) is 0. The van der Waals surface area contributed by atoms with Crippen LogP contribution in [0.5, 0.6) is 0 Å². The van der Waals surface area contributed by atoms with Crippen molar-refractivity contribution in [3.05, 3.63) is 53.6 Å². The van der Waals surface area contributed by atoms with Crippen molar-refractivity contribution in [2.45, 2.75) is 19.9 Å². The summed E-state index contributed by atoms with van der Waals surface area (Å²) in [4.78, 5) is 8.28. The number of nitrogens with zero attached hydrogens (tertiary/aromatic N) is 3. The molecule has 2 rings (SSSR count). The van der Waals surface area contributed by atoms with E-state index in [1.807, 2.05) is 32.0 Å². The van der Waals surface area contributed by atoms with Gasteiger partial charge in [0.2, 0.25) is 0 Å². The summed E-state index contributed by atoms with van der Waals surface area (Å²) in [5, 5.41) is 12.5. The molecule has 0 saturated heterocycles. The second-order valence-corrected chi connectivity index (χ2v) is 4.11. The summed E-state index contributed by atoms with van der Waals surface area (Å²) in [5.74, 6) is 0. The third-order valence-electron chi connectivity index (χ3n) is 2.78. The molecule has 1 atom stereocenters. The maximum absolute atomic E-state index is 9.16. The van der Waals surface area contributed by atoms with Crippen molar-refractivity contribution in [1.82, 2.24) is 9.97 Å². The molecular weight excluding hydrogens is 224 g/mol. The zero-order chi connectivity index (χ0) is 13.0. The molecule has 0 saturated carbocycles. The first-order valence-electron chi connectivity index (χ1n) is 5.74. The number of aromatic nitrogens is 2. The molecule has 0 fully saturated rings. The van der Waals surface area contributed by atoms with Gasteiger partial charge in [0.1, 0.15) is 6.07 Å². The molecule has 1 unspecified atom stereocenters. The number of hydrogen-bond donors (Lipinski definition) is 1. The van der Waals surface area contributed by atoms with Crippen molar-refractivity contribution in [3.63, 3.8) is 0 Å². The van der Waals surface area contributed by atoms with Crippen LogP contribution in [0.1, 0.15) is 29.8 Å². The van der Waals surface area contributed by atoms with Crippen LogP contribution in [-0.2, 0) is 0 Å². The number of anilines is 1. The number of nitriles is 1. The molecule has 1 N–H and O–H groups in total. The largest absolute Gasteiger partial charge is 0.376 e. The van der Waals surface area contributed by atoms with Gasteiger partial charge in [0.15, 0.2) is 0 Å². The first kappa shape index (κ1) is 12.1. The molecule has 0 aliphatic carbocycles. The minimum Gasteiger partial charge on any atom is -0.376 e. The fraction of sp³-hybridized carbons (Fsp3) is 0.214. The summed E-state index contributed by atoms with van der Waals surface area (Å²) in [6.45, 7) is 3.92. The number of nitrogens with one attached hydrogen (secondary N) is 1. The van der Waals surface area contributed by atoms with Gasteiger partial charge in [-0.05, 0) is 25.5 Å². The van der Waals surface area contributed by atoms with Gasteiger partial charge in [-0.15, -0.1) is 0 Å². The monoisotopic (exact) mass is 238 g/mol. The topological polar surface area (TPSA) is 61.6 Å². The van der Waals surface area contributed by atoms with Gasteiger partial charge < -0.3 is 5.32 Å². The molecule has 0 spiro atoms. The molecule has 1 heterocycles. The van der Waals surface area contributed by atoms with Crippen LogP contribution in [0.25, 0.3) is 0 Å². The number of benzene rings is 1. The summed E-state index contributed by atoms with van der Waals surface area (Å²) < 4.78 is 0. The molecule has 0 bridgehead atoms. The normalized spacial score (nSPS) is 11.6. The molecule has 4 nitrogen and oxygen atoms in total. The van der Waals surface area contributed by atoms with Crippen LogP contribution in [0.15, 0.2) is 36.8 Å².